The standard InChI is InChI=1S/C12H10N2OS/c13-7-10-1-3-12(4-2-10)15-6-5-11-8-16-9-14-11/h1-4,8-9H,5-6H2. The molecule has 0 aliphatic heterocycles. The van der Waals surface area contributed by atoms with E-state index in [1.165, 1.54) is 0 Å². The van der Waals surface area contributed by atoms with E-state index in [0.717, 1.165) is 17.9 Å². The lowest BCUT2D eigenvalue weighted by Crippen LogP contribution is -2.01. The maximum absolute atomic E-state index is 8.63. The lowest BCUT2D eigenvalue weighted by atomic mass is 10.2. The number of rotatable bonds is 4. The van der Waals surface area contributed by atoms with Crippen LogP contribution in [0.5, 0.6) is 5.75 Å². The van der Waals surface area contributed by atoms with Crippen LogP contribution in [0.15, 0.2) is 35.2 Å². The summed E-state index contributed by atoms with van der Waals surface area (Å²) in [5.74, 6) is 0.786. The molecule has 80 valence electrons. The maximum Gasteiger partial charge on any atom is 0.119 e. The topological polar surface area (TPSA) is 45.9 Å². The fourth-order valence-corrected chi connectivity index (χ4v) is 1.85. The molecule has 1 aromatic heterocycles. The van der Waals surface area contributed by atoms with Gasteiger partial charge < -0.3 is 4.74 Å². The van der Waals surface area contributed by atoms with Gasteiger partial charge in [-0.2, -0.15) is 5.26 Å². The summed E-state index contributed by atoms with van der Waals surface area (Å²) in [6.07, 6.45) is 0.809. The Morgan fingerprint density at radius 3 is 2.75 bits per heavy atom. The quantitative estimate of drug-likeness (QED) is 0.811. The van der Waals surface area contributed by atoms with Crippen LogP contribution in [-0.2, 0) is 6.42 Å². The van der Waals surface area contributed by atoms with E-state index in [0.29, 0.717) is 12.2 Å². The fraction of sp³-hybridized carbons (Fsp3) is 0.167. The van der Waals surface area contributed by atoms with E-state index >= 15 is 0 Å². The zero-order valence-electron chi connectivity index (χ0n) is 8.59. The average Bonchev–Trinajstić information content (AvgIpc) is 2.83. The monoisotopic (exact) mass is 230 g/mol. The normalized spacial score (nSPS) is 9.69. The van der Waals surface area contributed by atoms with E-state index in [4.69, 9.17) is 10.00 Å². The van der Waals surface area contributed by atoms with Crippen LogP contribution >= 0.6 is 11.3 Å². The van der Waals surface area contributed by atoms with Crippen LogP contribution in [0, 0.1) is 11.3 Å². The summed E-state index contributed by atoms with van der Waals surface area (Å²) >= 11 is 1.59. The van der Waals surface area contributed by atoms with Crippen molar-refractivity contribution in [1.82, 2.24) is 4.98 Å². The predicted molar refractivity (Wildman–Crippen MR) is 62.5 cm³/mol. The van der Waals surface area contributed by atoms with Crippen LogP contribution in [0.1, 0.15) is 11.3 Å². The number of nitrogens with zero attached hydrogens (tertiary/aromatic N) is 2. The summed E-state index contributed by atoms with van der Waals surface area (Å²) in [4.78, 5) is 4.17. The van der Waals surface area contributed by atoms with Gasteiger partial charge in [-0.05, 0) is 24.3 Å². The molecule has 1 aromatic carbocycles. The molecule has 0 saturated heterocycles. The highest BCUT2D eigenvalue weighted by Gasteiger charge is 1.97. The predicted octanol–water partition coefficient (Wildman–Crippen LogP) is 2.64. The van der Waals surface area contributed by atoms with Crippen LogP contribution in [0.4, 0.5) is 0 Å². The van der Waals surface area contributed by atoms with Crippen LogP contribution < -0.4 is 4.74 Å². The molecule has 0 amide bonds. The third-order valence-electron chi connectivity index (χ3n) is 2.09. The third-order valence-corrected chi connectivity index (χ3v) is 2.73. The summed E-state index contributed by atoms with van der Waals surface area (Å²) in [6, 6.07) is 9.18. The van der Waals surface area contributed by atoms with E-state index < -0.39 is 0 Å². The molecule has 0 bridgehead atoms. The van der Waals surface area contributed by atoms with E-state index in [1.807, 2.05) is 10.9 Å². The minimum absolute atomic E-state index is 0.607. The van der Waals surface area contributed by atoms with Crippen molar-refractivity contribution in [1.29, 1.82) is 5.26 Å². The zero-order valence-corrected chi connectivity index (χ0v) is 9.41. The van der Waals surface area contributed by atoms with Crippen molar-refractivity contribution >= 4 is 11.3 Å². The van der Waals surface area contributed by atoms with Crippen molar-refractivity contribution in [2.75, 3.05) is 6.61 Å². The Balaban J connectivity index is 1.83. The Morgan fingerprint density at radius 2 is 2.12 bits per heavy atom. The van der Waals surface area contributed by atoms with Crippen molar-refractivity contribution in [3.8, 4) is 11.8 Å². The summed E-state index contributed by atoms with van der Waals surface area (Å²) in [6.45, 7) is 0.607. The van der Waals surface area contributed by atoms with Crippen molar-refractivity contribution < 1.29 is 4.74 Å². The molecule has 0 spiro atoms. The molecule has 0 atom stereocenters. The summed E-state index contributed by atoms with van der Waals surface area (Å²) in [5.41, 5.74) is 3.52. The van der Waals surface area contributed by atoms with Gasteiger partial charge in [-0.15, -0.1) is 11.3 Å². The van der Waals surface area contributed by atoms with Gasteiger partial charge in [0.2, 0.25) is 0 Å². The molecule has 0 unspecified atom stereocenters. The first-order chi connectivity index (χ1) is 7.88. The maximum atomic E-state index is 8.63. The smallest absolute Gasteiger partial charge is 0.119 e. The molecule has 2 aromatic rings. The van der Waals surface area contributed by atoms with E-state index in [-0.39, 0.29) is 0 Å². The molecular weight excluding hydrogens is 220 g/mol. The van der Waals surface area contributed by atoms with Gasteiger partial charge in [0.15, 0.2) is 0 Å². The van der Waals surface area contributed by atoms with Gasteiger partial charge in [-0.3, -0.25) is 0 Å². The number of nitriles is 1. The molecule has 2 rings (SSSR count). The van der Waals surface area contributed by atoms with Gasteiger partial charge in [0.1, 0.15) is 5.75 Å². The van der Waals surface area contributed by atoms with Crippen LogP contribution in [0.3, 0.4) is 0 Å². The van der Waals surface area contributed by atoms with Crippen molar-refractivity contribution in [3.63, 3.8) is 0 Å². The average molecular weight is 230 g/mol. The van der Waals surface area contributed by atoms with Crippen LogP contribution in [-0.4, -0.2) is 11.6 Å². The first-order valence-corrected chi connectivity index (χ1v) is 5.83. The van der Waals surface area contributed by atoms with Gasteiger partial charge in [0.25, 0.3) is 0 Å². The molecule has 1 heterocycles. The molecule has 4 heteroatoms. The summed E-state index contributed by atoms with van der Waals surface area (Å²) in [5, 5.41) is 10.6. The third kappa shape index (κ3) is 2.81. The highest BCUT2D eigenvalue weighted by molar-refractivity contribution is 7.07. The van der Waals surface area contributed by atoms with Gasteiger partial charge in [0, 0.05) is 11.8 Å². The number of aromatic nitrogens is 1. The molecule has 16 heavy (non-hydrogen) atoms. The highest BCUT2D eigenvalue weighted by atomic mass is 32.1. The van der Waals surface area contributed by atoms with Crippen molar-refractivity contribution in [3.05, 3.63) is 46.4 Å². The van der Waals surface area contributed by atoms with Crippen LogP contribution in [0.25, 0.3) is 0 Å². The molecule has 0 radical (unpaired) electrons. The highest BCUT2D eigenvalue weighted by Crippen LogP contribution is 2.12. The second kappa shape index (κ2) is 5.29. The number of benzene rings is 1. The fourth-order valence-electron chi connectivity index (χ4n) is 1.26. The largest absolute Gasteiger partial charge is 0.493 e. The lowest BCUT2D eigenvalue weighted by Gasteiger charge is -2.04. The summed E-state index contributed by atoms with van der Waals surface area (Å²) < 4.78 is 5.53. The Hall–Kier alpha value is -1.86. The molecular formula is C12H10N2OS. The number of hydrogen-bond acceptors (Lipinski definition) is 4. The Morgan fingerprint density at radius 1 is 1.31 bits per heavy atom. The number of thiazole rings is 1. The number of ether oxygens (including phenoxy) is 1. The van der Waals surface area contributed by atoms with Gasteiger partial charge in [0.05, 0.1) is 29.4 Å². The SMILES string of the molecule is N#Cc1ccc(OCCc2cscn2)cc1. The van der Waals surface area contributed by atoms with Gasteiger partial charge in [-0.1, -0.05) is 0 Å². The molecule has 3 nitrogen and oxygen atoms in total. The number of hydrogen-bond donors (Lipinski definition) is 0. The second-order valence-electron chi connectivity index (χ2n) is 3.21. The first kappa shape index (κ1) is 10.7. The van der Waals surface area contributed by atoms with Crippen molar-refractivity contribution in [2.24, 2.45) is 0 Å². The molecule has 0 aliphatic rings. The minimum Gasteiger partial charge on any atom is -0.493 e. The molecule has 0 N–H and O–H groups in total. The Bertz CT molecular complexity index is 471. The van der Waals surface area contributed by atoms with E-state index in [2.05, 4.69) is 11.1 Å². The van der Waals surface area contributed by atoms with E-state index in [9.17, 15) is 0 Å². The van der Waals surface area contributed by atoms with Crippen LogP contribution in [0.2, 0.25) is 0 Å². The molecule has 0 fully saturated rings. The zero-order chi connectivity index (χ0) is 11.2. The Labute approximate surface area is 97.9 Å². The van der Waals surface area contributed by atoms with Gasteiger partial charge in [-0.25, -0.2) is 4.98 Å². The first-order valence-electron chi connectivity index (χ1n) is 4.88. The minimum atomic E-state index is 0.607. The lowest BCUT2D eigenvalue weighted by molar-refractivity contribution is 0.321. The second-order valence-corrected chi connectivity index (χ2v) is 3.93. The molecule has 0 aliphatic carbocycles. The Kier molecular flexibility index (Phi) is 3.52. The van der Waals surface area contributed by atoms with Gasteiger partial charge >= 0.3 is 0 Å². The van der Waals surface area contributed by atoms with Crippen molar-refractivity contribution in [2.45, 2.75) is 6.42 Å². The summed E-state index contributed by atoms with van der Waals surface area (Å²) in [7, 11) is 0. The van der Waals surface area contributed by atoms with E-state index in [1.54, 1.807) is 35.6 Å². The molecule has 0 saturated carbocycles.